The topological polar surface area (TPSA) is 136 Å². The molecule has 0 saturated carbocycles. The van der Waals surface area contributed by atoms with Crippen molar-refractivity contribution in [1.82, 2.24) is 29.9 Å². The van der Waals surface area contributed by atoms with Crippen molar-refractivity contribution in [3.63, 3.8) is 0 Å². The lowest BCUT2D eigenvalue weighted by molar-refractivity contribution is 0.0940. The van der Waals surface area contributed by atoms with Crippen molar-refractivity contribution in [2.75, 3.05) is 17.6 Å². The molecule has 1 aliphatic heterocycles. The summed E-state index contributed by atoms with van der Waals surface area (Å²) in [5.74, 6) is 0.279. The van der Waals surface area contributed by atoms with Gasteiger partial charge in [0.25, 0.3) is 11.5 Å². The van der Waals surface area contributed by atoms with Crippen LogP contribution in [0.3, 0.4) is 0 Å². The number of nitrogens with zero attached hydrogens (tertiary/aromatic N) is 4. The van der Waals surface area contributed by atoms with Crippen LogP contribution in [0.2, 0.25) is 0 Å². The van der Waals surface area contributed by atoms with Crippen LogP contribution in [0.25, 0.3) is 34.8 Å². The lowest BCUT2D eigenvalue weighted by atomic mass is 10.0. The van der Waals surface area contributed by atoms with Gasteiger partial charge in [0.2, 0.25) is 0 Å². The van der Waals surface area contributed by atoms with Gasteiger partial charge in [0.1, 0.15) is 11.4 Å². The highest BCUT2D eigenvalue weighted by atomic mass is 16.2. The number of aromatic nitrogens is 5. The molecule has 1 unspecified atom stereocenters. The van der Waals surface area contributed by atoms with E-state index < -0.39 is 6.04 Å². The fourth-order valence-electron chi connectivity index (χ4n) is 4.85. The van der Waals surface area contributed by atoms with Gasteiger partial charge in [-0.05, 0) is 54.3 Å². The van der Waals surface area contributed by atoms with E-state index in [2.05, 4.69) is 25.9 Å². The molecule has 0 radical (unpaired) electrons. The molecule has 0 aliphatic carbocycles. The van der Waals surface area contributed by atoms with E-state index in [0.29, 0.717) is 29.1 Å². The van der Waals surface area contributed by atoms with Gasteiger partial charge in [0.15, 0.2) is 5.82 Å². The first kappa shape index (κ1) is 24.0. The number of benzene rings is 2. The summed E-state index contributed by atoms with van der Waals surface area (Å²) < 4.78 is 3.20. The summed E-state index contributed by atoms with van der Waals surface area (Å²) >= 11 is 0. The molecular weight excluding hydrogens is 492 g/mol. The predicted octanol–water partition coefficient (Wildman–Crippen LogP) is 4.05. The summed E-state index contributed by atoms with van der Waals surface area (Å²) in [6.45, 7) is 2.41. The third-order valence-electron chi connectivity index (χ3n) is 6.68. The zero-order valence-electron chi connectivity index (χ0n) is 21.1. The van der Waals surface area contributed by atoms with Crippen LogP contribution in [-0.2, 0) is 0 Å². The summed E-state index contributed by atoms with van der Waals surface area (Å²) in [5.41, 5.74) is 9.12. The number of rotatable bonds is 6. The van der Waals surface area contributed by atoms with Gasteiger partial charge in [-0.25, -0.2) is 4.68 Å². The molecule has 10 heteroatoms. The number of amides is 1. The molecule has 0 saturated heterocycles. The average molecular weight is 519 g/mol. The van der Waals surface area contributed by atoms with E-state index in [9.17, 15) is 9.59 Å². The second-order valence-corrected chi connectivity index (χ2v) is 9.22. The van der Waals surface area contributed by atoms with E-state index in [1.165, 1.54) is 0 Å². The fourth-order valence-corrected chi connectivity index (χ4v) is 4.85. The van der Waals surface area contributed by atoms with Gasteiger partial charge in [-0.1, -0.05) is 42.5 Å². The normalized spacial score (nSPS) is 13.4. The number of hydrogen-bond donors (Lipinski definition) is 4. The molecule has 2 aromatic carbocycles. The van der Waals surface area contributed by atoms with Crippen LogP contribution in [0.4, 0.5) is 11.6 Å². The number of nitrogens with one attached hydrogen (secondary N) is 3. The first-order valence-corrected chi connectivity index (χ1v) is 12.5. The highest BCUT2D eigenvalue weighted by Crippen LogP contribution is 2.27. The van der Waals surface area contributed by atoms with Crippen molar-refractivity contribution >= 4 is 46.7 Å². The quantitative estimate of drug-likeness (QED) is 0.268. The number of para-hydroxylation sites is 1. The minimum absolute atomic E-state index is 0.126. The van der Waals surface area contributed by atoms with Crippen LogP contribution < -0.4 is 21.9 Å². The van der Waals surface area contributed by atoms with Gasteiger partial charge in [-0.15, -0.1) is 5.10 Å². The maximum Gasteiger partial charge on any atom is 0.263 e. The molecule has 3 aromatic heterocycles. The van der Waals surface area contributed by atoms with Crippen molar-refractivity contribution in [2.45, 2.75) is 13.0 Å². The summed E-state index contributed by atoms with van der Waals surface area (Å²) in [6.07, 6.45) is 9.09. The number of anilines is 2. The molecule has 0 spiro atoms. The van der Waals surface area contributed by atoms with Gasteiger partial charge >= 0.3 is 0 Å². The van der Waals surface area contributed by atoms with E-state index in [4.69, 9.17) is 5.73 Å². The van der Waals surface area contributed by atoms with Gasteiger partial charge in [-0.3, -0.25) is 19.3 Å². The number of carbonyl (C=O) groups excluding carboxylic acids is 1. The molecule has 5 N–H and O–H groups in total. The van der Waals surface area contributed by atoms with Gasteiger partial charge in [0, 0.05) is 30.3 Å². The Morgan fingerprint density at radius 2 is 1.97 bits per heavy atom. The number of pyridine rings is 1. The molecular formula is C29H26N8O2. The maximum atomic E-state index is 14.1. The first-order chi connectivity index (χ1) is 19.0. The number of hydrogen-bond acceptors (Lipinski definition) is 6. The van der Waals surface area contributed by atoms with E-state index in [-0.39, 0.29) is 22.8 Å². The third-order valence-corrected chi connectivity index (χ3v) is 6.68. The minimum Gasteiger partial charge on any atom is -0.381 e. The number of H-pyrrole nitrogens is 1. The molecule has 5 aromatic rings. The van der Waals surface area contributed by atoms with Crippen LogP contribution in [0.1, 0.15) is 40.3 Å². The Hall–Kier alpha value is -5.38. The number of nitrogens with two attached hydrogens (primary N) is 1. The van der Waals surface area contributed by atoms with Crippen molar-refractivity contribution in [3.8, 4) is 5.69 Å². The summed E-state index contributed by atoms with van der Waals surface area (Å²) in [6, 6.07) is 18.4. The van der Waals surface area contributed by atoms with Crippen LogP contribution in [0, 0.1) is 0 Å². The summed E-state index contributed by atoms with van der Waals surface area (Å²) in [7, 11) is 0. The van der Waals surface area contributed by atoms with Crippen LogP contribution in [0.15, 0.2) is 77.7 Å². The summed E-state index contributed by atoms with van der Waals surface area (Å²) in [4.78, 5) is 27.6. The van der Waals surface area contributed by atoms with E-state index in [1.54, 1.807) is 21.6 Å². The maximum absolute atomic E-state index is 14.1. The highest BCUT2D eigenvalue weighted by Gasteiger charge is 2.26. The van der Waals surface area contributed by atoms with Gasteiger partial charge < -0.3 is 16.4 Å². The highest BCUT2D eigenvalue weighted by molar-refractivity contribution is 6.04. The fraction of sp³-hybridized carbons (Fsp3) is 0.103. The molecule has 1 amide bonds. The zero-order valence-corrected chi connectivity index (χ0v) is 21.1. The molecule has 1 atom stereocenters. The molecule has 6 rings (SSSR count). The largest absolute Gasteiger partial charge is 0.381 e. The molecule has 194 valence electrons. The molecule has 10 nitrogen and oxygen atoms in total. The molecule has 39 heavy (non-hydrogen) atoms. The Balaban J connectivity index is 1.45. The predicted molar refractivity (Wildman–Crippen MR) is 153 cm³/mol. The third kappa shape index (κ3) is 4.37. The summed E-state index contributed by atoms with van der Waals surface area (Å²) in [5, 5.41) is 18.6. The molecule has 4 heterocycles. The second-order valence-electron chi connectivity index (χ2n) is 9.22. The molecule has 1 aliphatic rings. The van der Waals surface area contributed by atoms with E-state index in [1.807, 2.05) is 85.8 Å². The van der Waals surface area contributed by atoms with Gasteiger partial charge in [0.05, 0.1) is 17.1 Å². The van der Waals surface area contributed by atoms with Crippen molar-refractivity contribution in [3.05, 3.63) is 106 Å². The SMILES string of the molecule is CC(NC(=O)c1c(N)nn2c1NCC=C2)c1cc2cccc(/C=C/c3ccn[nH]3)c2c(=O)n1-c1ccccc1. The average Bonchev–Trinajstić information content (AvgIpc) is 3.59. The Labute approximate surface area is 223 Å². The lowest BCUT2D eigenvalue weighted by Gasteiger charge is -2.22. The number of fused-ring (bicyclic) bond motifs is 2. The number of carbonyl (C=O) groups is 1. The lowest BCUT2D eigenvalue weighted by Crippen LogP contribution is -2.32. The van der Waals surface area contributed by atoms with Gasteiger partial charge in [-0.2, -0.15) is 5.10 Å². The molecule has 0 bridgehead atoms. The Kier molecular flexibility index (Phi) is 6.04. The van der Waals surface area contributed by atoms with E-state index in [0.717, 1.165) is 16.6 Å². The number of aromatic amines is 1. The van der Waals surface area contributed by atoms with Crippen molar-refractivity contribution < 1.29 is 4.79 Å². The Morgan fingerprint density at radius 3 is 2.77 bits per heavy atom. The smallest absolute Gasteiger partial charge is 0.263 e. The van der Waals surface area contributed by atoms with Crippen LogP contribution in [0.5, 0.6) is 0 Å². The second kappa shape index (κ2) is 9.82. The van der Waals surface area contributed by atoms with Crippen molar-refractivity contribution in [1.29, 1.82) is 0 Å². The Bertz CT molecular complexity index is 1800. The zero-order chi connectivity index (χ0) is 26.9. The minimum atomic E-state index is -0.534. The van der Waals surface area contributed by atoms with Crippen LogP contribution in [-0.4, -0.2) is 37.0 Å². The monoisotopic (exact) mass is 518 g/mol. The Morgan fingerprint density at radius 1 is 1.13 bits per heavy atom. The van der Waals surface area contributed by atoms with E-state index >= 15 is 0 Å². The first-order valence-electron chi connectivity index (χ1n) is 12.5. The van der Waals surface area contributed by atoms with Crippen LogP contribution >= 0.6 is 0 Å². The molecule has 0 fully saturated rings. The number of nitrogen functional groups attached to an aromatic ring is 1. The van der Waals surface area contributed by atoms with Crippen molar-refractivity contribution in [2.24, 2.45) is 0 Å². The standard InChI is InChI=1S/C29H26N8O2/c1-18(33-28(38)25-26(30)35-36-16-6-14-31-27(25)36)23-17-20-8-5-7-19(11-12-21-13-15-32-34-21)24(20)29(39)37(23)22-9-3-2-4-10-22/h2-13,15-18,31H,14H2,1H3,(H2,30,35)(H,32,34)(H,33,38)/b12-11+.